The molecular weight excluding hydrogens is 963 g/mol. The quantitative estimate of drug-likeness (QED) is 0.112. The van der Waals surface area contributed by atoms with Crippen molar-refractivity contribution < 1.29 is 45.5 Å². The minimum atomic E-state index is -0.369. The number of ether oxygens (including phenoxy) is 2. The molecule has 0 saturated carbocycles. The first-order chi connectivity index (χ1) is 29.8. The molecule has 6 aromatic carbocycles. The molecule has 2 N–H and O–H groups in total. The summed E-state index contributed by atoms with van der Waals surface area (Å²) >= 11 is 0. The second kappa shape index (κ2) is 23.3. The Balaban J connectivity index is 0.000000632. The normalized spacial score (nSPS) is 12.7. The molecule has 65 heavy (non-hydrogen) atoms. The van der Waals surface area contributed by atoms with E-state index in [0.717, 1.165) is 44.5 Å². The first-order valence-electron chi connectivity index (χ1n) is 22.6. The molecule has 0 aliphatic rings. The van der Waals surface area contributed by atoms with E-state index < -0.39 is 0 Å². The summed E-state index contributed by atoms with van der Waals surface area (Å²) in [5, 5.41) is 23.5. The molecule has 2 atom stereocenters. The van der Waals surface area contributed by atoms with Crippen LogP contribution in [0.2, 0.25) is 0 Å². The Labute approximate surface area is 412 Å². The van der Waals surface area contributed by atoms with Crippen LogP contribution in [-0.2, 0) is 69.8 Å². The van der Waals surface area contributed by atoms with E-state index in [-0.39, 0.29) is 71.2 Å². The molecular formula is C60H76HfO4-2. The first kappa shape index (κ1) is 54.8. The van der Waals surface area contributed by atoms with E-state index in [1.54, 1.807) is 14.2 Å². The van der Waals surface area contributed by atoms with Gasteiger partial charge in [0, 0.05) is 64.0 Å². The number of phenols is 2. The molecule has 0 bridgehead atoms. The predicted molar refractivity (Wildman–Crippen MR) is 273 cm³/mol. The third-order valence-corrected chi connectivity index (χ3v) is 11.7. The van der Waals surface area contributed by atoms with Crippen molar-refractivity contribution in [2.45, 2.75) is 130 Å². The van der Waals surface area contributed by atoms with E-state index in [9.17, 15) is 10.2 Å². The number of para-hydroxylation sites is 2. The molecule has 0 heterocycles. The summed E-state index contributed by atoms with van der Waals surface area (Å²) < 4.78 is 12.1. The number of methoxy groups -OCH3 is 2. The van der Waals surface area contributed by atoms with E-state index in [1.165, 1.54) is 22.3 Å². The molecule has 0 saturated heterocycles. The van der Waals surface area contributed by atoms with Crippen molar-refractivity contribution in [3.05, 3.63) is 192 Å². The van der Waals surface area contributed by atoms with Crippen LogP contribution in [0.1, 0.15) is 128 Å². The number of phenolic OH excluding ortho intramolecular Hbond substituents is 2. The van der Waals surface area contributed by atoms with Gasteiger partial charge in [0.25, 0.3) is 0 Å². The van der Waals surface area contributed by atoms with Crippen molar-refractivity contribution in [3.8, 4) is 33.8 Å². The average molecular weight is 1040 g/mol. The fourth-order valence-electron chi connectivity index (χ4n) is 7.40. The van der Waals surface area contributed by atoms with E-state index in [2.05, 4.69) is 133 Å². The third-order valence-electron chi connectivity index (χ3n) is 11.7. The average Bonchev–Trinajstić information content (AvgIpc) is 3.22. The monoisotopic (exact) mass is 1040 g/mol. The van der Waals surface area contributed by atoms with Gasteiger partial charge in [-0.05, 0) is 66.2 Å². The van der Waals surface area contributed by atoms with Crippen molar-refractivity contribution in [2.24, 2.45) is 0 Å². The van der Waals surface area contributed by atoms with Crippen molar-refractivity contribution in [2.75, 3.05) is 14.2 Å². The Morgan fingerprint density at radius 1 is 0.415 bits per heavy atom. The zero-order valence-corrected chi connectivity index (χ0v) is 45.5. The van der Waals surface area contributed by atoms with Gasteiger partial charge in [-0.15, -0.1) is 24.3 Å². The summed E-state index contributed by atoms with van der Waals surface area (Å²) in [6.07, 6.45) is 0.157. The smallest absolute Gasteiger partial charge is 0.126 e. The molecule has 0 radical (unpaired) electrons. The standard InChI is InChI=1S/C46H62O4.2C7H7.Hf/c1-43(2,3)33-21-31(22-34(27-33)44(4,5)6)37-19-15-17-29(41(37)47)25-39(49-13)40(50-14)26-30-18-16-20-38(42(30)48)32-23-35(45(7,8)9)28-36(24-32)46(10,11)12;2*1-7-5-3-2-4-6-7;/h15-24,27-28,39-40,47-48H,25-26H2,1-14H3;2*2-6H,1H2;/q;2*-1;. The summed E-state index contributed by atoms with van der Waals surface area (Å²) in [6.45, 7) is 34.1. The Morgan fingerprint density at radius 3 is 0.908 bits per heavy atom. The molecule has 0 fully saturated rings. The van der Waals surface area contributed by atoms with Gasteiger partial charge in [-0.2, -0.15) is 49.2 Å². The van der Waals surface area contributed by atoms with Gasteiger partial charge in [-0.25, -0.2) is 0 Å². The van der Waals surface area contributed by atoms with Crippen molar-refractivity contribution >= 4 is 0 Å². The molecule has 6 rings (SSSR count). The van der Waals surface area contributed by atoms with E-state index >= 15 is 0 Å². The van der Waals surface area contributed by atoms with E-state index in [1.807, 2.05) is 97.1 Å². The van der Waals surface area contributed by atoms with Crippen LogP contribution in [0.25, 0.3) is 22.3 Å². The van der Waals surface area contributed by atoms with Crippen molar-refractivity contribution in [1.82, 2.24) is 0 Å². The number of rotatable bonds is 9. The maximum absolute atomic E-state index is 11.7. The molecule has 5 heteroatoms. The SMILES string of the molecule is COC(Cc1cccc(-c2cc(C(C)(C)C)cc(C(C)(C)C)c2)c1O)C(Cc1cccc(-c2cc(C(C)(C)C)cc(C(C)(C)C)c2)c1O)OC.[CH2-]c1ccccc1.[CH2-]c1ccccc1.[Hf]. The Kier molecular flexibility index (Phi) is 19.6. The summed E-state index contributed by atoms with van der Waals surface area (Å²) in [5.74, 6) is 0.516. The molecule has 346 valence electrons. The van der Waals surface area contributed by atoms with Crippen LogP contribution < -0.4 is 0 Å². The fourth-order valence-corrected chi connectivity index (χ4v) is 7.40. The van der Waals surface area contributed by atoms with Crippen molar-refractivity contribution in [3.63, 3.8) is 0 Å². The van der Waals surface area contributed by atoms with Crippen LogP contribution in [0.3, 0.4) is 0 Å². The zero-order valence-electron chi connectivity index (χ0n) is 41.9. The molecule has 0 aliphatic heterocycles. The minimum absolute atomic E-state index is 0. The Morgan fingerprint density at radius 2 is 0.692 bits per heavy atom. The van der Waals surface area contributed by atoms with Gasteiger partial charge in [0.05, 0.1) is 12.2 Å². The van der Waals surface area contributed by atoms with Gasteiger partial charge in [-0.3, -0.25) is 0 Å². The molecule has 0 aliphatic carbocycles. The minimum Gasteiger partial charge on any atom is -0.507 e. The molecule has 0 amide bonds. The van der Waals surface area contributed by atoms with Crippen LogP contribution >= 0.6 is 0 Å². The van der Waals surface area contributed by atoms with Crippen LogP contribution in [0, 0.1) is 13.8 Å². The van der Waals surface area contributed by atoms with Crippen LogP contribution in [0.5, 0.6) is 11.5 Å². The summed E-state index contributed by atoms with van der Waals surface area (Å²) in [7, 11) is 3.37. The second-order valence-corrected chi connectivity index (χ2v) is 21.2. The van der Waals surface area contributed by atoms with Gasteiger partial charge in [0.2, 0.25) is 0 Å². The van der Waals surface area contributed by atoms with Gasteiger partial charge < -0.3 is 19.7 Å². The molecule has 0 aromatic heterocycles. The van der Waals surface area contributed by atoms with Gasteiger partial charge in [0.1, 0.15) is 11.5 Å². The Bertz CT molecular complexity index is 2160. The maximum atomic E-state index is 11.7. The largest absolute Gasteiger partial charge is 0.507 e. The van der Waals surface area contributed by atoms with Crippen LogP contribution in [0.15, 0.2) is 133 Å². The number of benzene rings is 6. The number of hydrogen-bond acceptors (Lipinski definition) is 4. The summed E-state index contributed by atoms with van der Waals surface area (Å²) in [6, 6.07) is 45.1. The number of hydrogen-bond donors (Lipinski definition) is 2. The molecule has 0 spiro atoms. The number of aromatic hydroxyl groups is 2. The predicted octanol–water partition coefficient (Wildman–Crippen LogP) is 15.2. The van der Waals surface area contributed by atoms with E-state index in [4.69, 9.17) is 9.47 Å². The van der Waals surface area contributed by atoms with Gasteiger partial charge >= 0.3 is 0 Å². The third kappa shape index (κ3) is 15.8. The second-order valence-electron chi connectivity index (χ2n) is 21.2. The topological polar surface area (TPSA) is 58.9 Å². The molecule has 2 unspecified atom stereocenters. The van der Waals surface area contributed by atoms with Crippen LogP contribution in [0.4, 0.5) is 0 Å². The van der Waals surface area contributed by atoms with Gasteiger partial charge in [0.15, 0.2) is 0 Å². The maximum Gasteiger partial charge on any atom is 0.126 e. The van der Waals surface area contributed by atoms with Gasteiger partial charge in [-0.1, -0.05) is 168 Å². The Hall–Kier alpha value is -4.55. The first-order valence-corrected chi connectivity index (χ1v) is 22.6. The van der Waals surface area contributed by atoms with Crippen molar-refractivity contribution in [1.29, 1.82) is 0 Å². The zero-order chi connectivity index (χ0) is 47.6. The summed E-state index contributed by atoms with van der Waals surface area (Å²) in [4.78, 5) is 0. The van der Waals surface area contributed by atoms with Crippen LogP contribution in [-0.4, -0.2) is 36.6 Å². The molecule has 4 nitrogen and oxygen atoms in total. The summed E-state index contributed by atoms with van der Waals surface area (Å²) in [5.41, 5.74) is 12.1. The fraction of sp³-hybridized carbons (Fsp3) is 0.367. The van der Waals surface area contributed by atoms with E-state index in [0.29, 0.717) is 12.8 Å². The molecule has 6 aromatic rings.